The molecule has 0 radical (unpaired) electrons. The number of anilines is 2. The van der Waals surface area contributed by atoms with Crippen molar-refractivity contribution in [2.45, 2.75) is 44.2 Å². The van der Waals surface area contributed by atoms with Crippen LogP contribution in [0.25, 0.3) is 22.3 Å². The Kier molecular flexibility index (Phi) is 5.89. The molecule has 1 aromatic heterocycles. The maximum absolute atomic E-state index is 6.52. The van der Waals surface area contributed by atoms with Gasteiger partial charge in [-0.05, 0) is 60.6 Å². The normalized spacial score (nSPS) is 22.3. The summed E-state index contributed by atoms with van der Waals surface area (Å²) < 4.78 is 5.53. The first kappa shape index (κ1) is 21.8. The molecule has 2 aliphatic carbocycles. The fourth-order valence-corrected chi connectivity index (χ4v) is 6.04. The number of nitrogens with two attached hydrogens (primary N) is 1. The number of benzene rings is 2. The topological polar surface area (TPSA) is 76.3 Å². The van der Waals surface area contributed by atoms with Crippen LogP contribution in [0, 0.1) is 0 Å². The highest BCUT2D eigenvalue weighted by Crippen LogP contribution is 2.43. The van der Waals surface area contributed by atoms with Gasteiger partial charge in [0, 0.05) is 48.4 Å². The van der Waals surface area contributed by atoms with E-state index in [1.165, 1.54) is 24.0 Å². The predicted octanol–water partition coefficient (Wildman–Crippen LogP) is 5.01. The predicted molar refractivity (Wildman–Crippen MR) is 137 cm³/mol. The Bertz CT molecular complexity index is 1200. The lowest BCUT2D eigenvalue weighted by atomic mass is 9.89. The number of hydrogen-bond acceptors (Lipinski definition) is 6. The first-order valence-electron chi connectivity index (χ1n) is 12.3. The molecule has 0 bridgehead atoms. The summed E-state index contributed by atoms with van der Waals surface area (Å²) >= 11 is 6.52. The average molecular weight is 476 g/mol. The fourth-order valence-electron chi connectivity index (χ4n) is 5.75. The Hall–Kier alpha value is -2.67. The van der Waals surface area contributed by atoms with Gasteiger partial charge >= 0.3 is 0 Å². The average Bonchev–Trinajstić information content (AvgIpc) is 3.24. The third-order valence-corrected chi connectivity index (χ3v) is 7.88. The van der Waals surface area contributed by atoms with E-state index in [4.69, 9.17) is 27.1 Å². The second-order valence-corrected chi connectivity index (χ2v) is 10.0. The molecule has 1 saturated heterocycles. The van der Waals surface area contributed by atoms with Crippen molar-refractivity contribution in [3.05, 3.63) is 59.0 Å². The summed E-state index contributed by atoms with van der Waals surface area (Å²) in [6, 6.07) is 13.4. The van der Waals surface area contributed by atoms with Crippen molar-refractivity contribution in [1.82, 2.24) is 14.9 Å². The van der Waals surface area contributed by atoms with E-state index in [0.717, 1.165) is 73.8 Å². The smallest absolute Gasteiger partial charge is 0.137 e. The van der Waals surface area contributed by atoms with Gasteiger partial charge in [0.25, 0.3) is 0 Å². The van der Waals surface area contributed by atoms with Gasteiger partial charge in [0.15, 0.2) is 0 Å². The number of aromatic nitrogens is 2. The van der Waals surface area contributed by atoms with E-state index < -0.39 is 0 Å². The molecular weight excluding hydrogens is 446 g/mol. The van der Waals surface area contributed by atoms with E-state index in [2.05, 4.69) is 33.4 Å². The highest BCUT2D eigenvalue weighted by molar-refractivity contribution is 6.33. The minimum atomic E-state index is 0.440. The molecule has 34 heavy (non-hydrogen) atoms. The molecule has 2 fully saturated rings. The molecule has 6 rings (SSSR count). The molecule has 0 unspecified atom stereocenters. The number of nitrogens with one attached hydrogen (secondary N) is 1. The van der Waals surface area contributed by atoms with Crippen molar-refractivity contribution < 1.29 is 4.74 Å². The van der Waals surface area contributed by atoms with E-state index in [1.54, 1.807) is 12.4 Å². The van der Waals surface area contributed by atoms with Gasteiger partial charge in [0.05, 0.1) is 23.9 Å². The Morgan fingerprint density at radius 2 is 1.79 bits per heavy atom. The van der Waals surface area contributed by atoms with Gasteiger partial charge in [-0.25, -0.2) is 9.97 Å². The van der Waals surface area contributed by atoms with Crippen molar-refractivity contribution in [2.75, 3.05) is 37.4 Å². The van der Waals surface area contributed by atoms with E-state index in [9.17, 15) is 0 Å². The number of hydrogen-bond donors (Lipinski definition) is 2. The summed E-state index contributed by atoms with van der Waals surface area (Å²) in [4.78, 5) is 11.9. The molecule has 3 aliphatic rings. The van der Waals surface area contributed by atoms with Crippen LogP contribution in [0.1, 0.15) is 36.9 Å². The van der Waals surface area contributed by atoms with Gasteiger partial charge in [-0.1, -0.05) is 29.8 Å². The van der Waals surface area contributed by atoms with Gasteiger partial charge < -0.3 is 15.8 Å². The molecule has 2 heterocycles. The van der Waals surface area contributed by atoms with E-state index >= 15 is 0 Å². The molecule has 1 aliphatic heterocycles. The minimum Gasteiger partial charge on any atom is -0.399 e. The number of nitrogen functional groups attached to an aromatic ring is 1. The van der Waals surface area contributed by atoms with E-state index in [0.29, 0.717) is 22.8 Å². The fraction of sp³-hybridized carbons (Fsp3) is 0.407. The molecule has 1 saturated carbocycles. The highest BCUT2D eigenvalue weighted by atomic mass is 35.5. The van der Waals surface area contributed by atoms with Gasteiger partial charge in [0.1, 0.15) is 12.1 Å². The Morgan fingerprint density at radius 3 is 2.59 bits per heavy atom. The zero-order valence-corrected chi connectivity index (χ0v) is 20.0. The number of rotatable bonds is 4. The lowest BCUT2D eigenvalue weighted by molar-refractivity contribution is 0.00791. The van der Waals surface area contributed by atoms with Crippen molar-refractivity contribution in [1.29, 1.82) is 0 Å². The number of fused-ring (bicyclic) bond motifs is 3. The van der Waals surface area contributed by atoms with Crippen molar-refractivity contribution >= 4 is 23.1 Å². The van der Waals surface area contributed by atoms with Gasteiger partial charge in [-0.3, -0.25) is 4.90 Å². The quantitative estimate of drug-likeness (QED) is 0.404. The lowest BCUT2D eigenvalue weighted by Gasteiger charge is -2.39. The summed E-state index contributed by atoms with van der Waals surface area (Å²) in [6.07, 6.45) is 7.30. The molecule has 176 valence electrons. The molecule has 7 heteroatoms. The largest absolute Gasteiger partial charge is 0.399 e. The number of halogens is 1. The second-order valence-electron chi connectivity index (χ2n) is 9.63. The van der Waals surface area contributed by atoms with Crippen LogP contribution in [-0.4, -0.2) is 53.3 Å². The van der Waals surface area contributed by atoms with Crippen LogP contribution in [0.5, 0.6) is 0 Å². The first-order chi connectivity index (χ1) is 16.7. The van der Waals surface area contributed by atoms with Gasteiger partial charge in [-0.2, -0.15) is 0 Å². The van der Waals surface area contributed by atoms with Crippen LogP contribution in [0.15, 0.2) is 42.7 Å². The summed E-state index contributed by atoms with van der Waals surface area (Å²) in [7, 11) is 0. The van der Waals surface area contributed by atoms with Crippen LogP contribution >= 0.6 is 11.6 Å². The molecule has 3 aromatic rings. The van der Waals surface area contributed by atoms with Crippen LogP contribution in [-0.2, 0) is 11.2 Å². The molecule has 0 amide bonds. The van der Waals surface area contributed by atoms with Crippen molar-refractivity contribution in [2.24, 2.45) is 0 Å². The maximum atomic E-state index is 6.52. The summed E-state index contributed by atoms with van der Waals surface area (Å²) in [5.41, 5.74) is 13.4. The Labute approximate surface area is 205 Å². The SMILES string of the molecule is Nc1ccc(-c2ccc3c(c2)-c2c(ncnc2NC2CCC(N4CCOCC4)CC2)C3)c(Cl)c1. The maximum Gasteiger partial charge on any atom is 0.137 e. The third kappa shape index (κ3) is 4.15. The van der Waals surface area contributed by atoms with Crippen LogP contribution in [0.3, 0.4) is 0 Å². The Balaban J connectivity index is 1.23. The highest BCUT2D eigenvalue weighted by Gasteiger charge is 2.29. The lowest BCUT2D eigenvalue weighted by Crippen LogP contribution is -2.46. The Morgan fingerprint density at radius 1 is 0.971 bits per heavy atom. The summed E-state index contributed by atoms with van der Waals surface area (Å²) in [5.74, 6) is 0.958. The van der Waals surface area contributed by atoms with E-state index in [-0.39, 0.29) is 0 Å². The molecule has 3 N–H and O–H groups in total. The molecule has 6 nitrogen and oxygen atoms in total. The van der Waals surface area contributed by atoms with Crippen LogP contribution in [0.4, 0.5) is 11.5 Å². The zero-order valence-electron chi connectivity index (χ0n) is 19.3. The van der Waals surface area contributed by atoms with Crippen LogP contribution < -0.4 is 11.1 Å². The summed E-state index contributed by atoms with van der Waals surface area (Å²) in [5, 5.41) is 4.45. The molecule has 0 spiro atoms. The standard InChI is InChI=1S/C27H30ClN5O/c28-24-15-19(29)3-8-22(24)17-1-2-18-14-25-26(23(18)13-17)27(31-16-30-25)32-20-4-6-21(7-5-20)33-9-11-34-12-10-33/h1-3,8,13,15-16,20-21H,4-7,9-12,14,29H2,(H,30,31,32). The third-order valence-electron chi connectivity index (χ3n) is 7.57. The first-order valence-corrected chi connectivity index (χ1v) is 12.6. The molecular formula is C27H30ClN5O. The zero-order chi connectivity index (χ0) is 23.1. The minimum absolute atomic E-state index is 0.440. The summed E-state index contributed by atoms with van der Waals surface area (Å²) in [6.45, 7) is 3.88. The number of morpholine rings is 1. The molecule has 2 aromatic carbocycles. The van der Waals surface area contributed by atoms with Crippen molar-refractivity contribution in [3.8, 4) is 22.3 Å². The number of nitrogens with zero attached hydrogens (tertiary/aromatic N) is 3. The van der Waals surface area contributed by atoms with Gasteiger partial charge in [0.2, 0.25) is 0 Å². The number of ether oxygens (including phenoxy) is 1. The second kappa shape index (κ2) is 9.17. The molecule has 0 atom stereocenters. The van der Waals surface area contributed by atoms with Gasteiger partial charge in [-0.15, -0.1) is 0 Å². The van der Waals surface area contributed by atoms with Crippen LogP contribution in [0.2, 0.25) is 5.02 Å². The monoisotopic (exact) mass is 475 g/mol. The van der Waals surface area contributed by atoms with Crippen molar-refractivity contribution in [3.63, 3.8) is 0 Å². The van der Waals surface area contributed by atoms with E-state index in [1.807, 2.05) is 12.1 Å².